The van der Waals surface area contributed by atoms with Crippen molar-refractivity contribution in [1.29, 1.82) is 0 Å². The lowest BCUT2D eigenvalue weighted by Crippen LogP contribution is -2.39. The summed E-state index contributed by atoms with van der Waals surface area (Å²) < 4.78 is 17.0. The van der Waals surface area contributed by atoms with E-state index in [1.165, 1.54) is 11.8 Å². The number of allylic oxidation sites excluding steroid dienone is 4. The minimum absolute atomic E-state index is 0.0254. The number of hydrogen-bond donors (Lipinski definition) is 0. The summed E-state index contributed by atoms with van der Waals surface area (Å²) in [5.41, 5.74) is 3.34. The molecule has 2 aromatic rings. The van der Waals surface area contributed by atoms with Gasteiger partial charge in [-0.05, 0) is 24.5 Å². The molecular formula is C25H26N4O4. The van der Waals surface area contributed by atoms with Crippen LogP contribution >= 0.6 is 0 Å². The highest BCUT2D eigenvalue weighted by atomic mass is 16.5. The molecule has 8 nitrogen and oxygen atoms in total. The molecule has 5 rings (SSSR count). The summed E-state index contributed by atoms with van der Waals surface area (Å²) in [4.78, 5) is 16.9. The van der Waals surface area contributed by atoms with Crippen molar-refractivity contribution in [3.8, 4) is 5.75 Å². The number of amides is 1. The zero-order chi connectivity index (χ0) is 22.8. The van der Waals surface area contributed by atoms with Gasteiger partial charge < -0.3 is 13.9 Å². The maximum absolute atomic E-state index is 13.1. The Hall–Kier alpha value is -3.65. The average molecular weight is 447 g/mol. The Morgan fingerprint density at radius 2 is 2.21 bits per heavy atom. The van der Waals surface area contributed by atoms with Crippen LogP contribution in [0.5, 0.6) is 5.75 Å². The van der Waals surface area contributed by atoms with Gasteiger partial charge in [-0.25, -0.2) is 0 Å². The standard InChI is InChI=1S/C25H26N4O4/c1-17-26-27-25(33-17)20-8-4-3-7-19(20)23-15-29(12-13-32-23)24(30)16-28-11-10-18-6-5-9-22(31-2)21(18)14-28/h3-7,9,12-13,15,20H,8,10-11,14,16H2,1-2H3. The second-order valence-corrected chi connectivity index (χ2v) is 8.25. The lowest BCUT2D eigenvalue weighted by atomic mass is 9.90. The minimum atomic E-state index is -0.114. The van der Waals surface area contributed by atoms with Crippen molar-refractivity contribution in [1.82, 2.24) is 20.0 Å². The summed E-state index contributed by atoms with van der Waals surface area (Å²) in [5.74, 6) is 2.40. The third-order valence-corrected chi connectivity index (χ3v) is 6.13. The van der Waals surface area contributed by atoms with Gasteiger partial charge in [0.1, 0.15) is 17.8 Å². The zero-order valence-electron chi connectivity index (χ0n) is 18.7. The normalized spacial score (nSPS) is 20.1. The number of carbonyl (C=O) groups excluding carboxylic acids is 1. The van der Waals surface area contributed by atoms with Gasteiger partial charge in [-0.15, -0.1) is 10.2 Å². The predicted molar refractivity (Wildman–Crippen MR) is 121 cm³/mol. The van der Waals surface area contributed by atoms with Crippen LogP contribution in [-0.4, -0.2) is 46.1 Å². The Labute approximate surface area is 192 Å². The quantitative estimate of drug-likeness (QED) is 0.694. The lowest BCUT2D eigenvalue weighted by molar-refractivity contribution is -0.128. The molecule has 0 radical (unpaired) electrons. The summed E-state index contributed by atoms with van der Waals surface area (Å²) in [6.45, 7) is 3.58. The average Bonchev–Trinajstić information content (AvgIpc) is 3.29. The number of nitrogens with zero attached hydrogens (tertiary/aromatic N) is 4. The van der Waals surface area contributed by atoms with Gasteiger partial charge >= 0.3 is 0 Å². The molecule has 0 bridgehead atoms. The molecule has 8 heteroatoms. The summed E-state index contributed by atoms with van der Waals surface area (Å²) >= 11 is 0. The van der Waals surface area contributed by atoms with E-state index in [1.807, 2.05) is 24.3 Å². The van der Waals surface area contributed by atoms with E-state index in [9.17, 15) is 4.79 Å². The second kappa shape index (κ2) is 9.07. The first kappa shape index (κ1) is 21.2. The second-order valence-electron chi connectivity index (χ2n) is 8.25. The highest BCUT2D eigenvalue weighted by Gasteiger charge is 2.29. The molecule has 1 aliphatic carbocycles. The molecule has 33 heavy (non-hydrogen) atoms. The Morgan fingerprint density at radius 1 is 1.30 bits per heavy atom. The molecule has 0 saturated heterocycles. The summed E-state index contributed by atoms with van der Waals surface area (Å²) in [6, 6.07) is 6.11. The number of ether oxygens (including phenoxy) is 2. The van der Waals surface area contributed by atoms with Gasteiger partial charge in [0.2, 0.25) is 17.7 Å². The third kappa shape index (κ3) is 4.34. The van der Waals surface area contributed by atoms with Crippen molar-refractivity contribution in [2.45, 2.75) is 32.2 Å². The van der Waals surface area contributed by atoms with Crippen LogP contribution in [0.2, 0.25) is 0 Å². The third-order valence-electron chi connectivity index (χ3n) is 6.13. The van der Waals surface area contributed by atoms with Crippen LogP contribution in [0.4, 0.5) is 0 Å². The molecule has 2 aliphatic heterocycles. The molecular weight excluding hydrogens is 420 g/mol. The number of hydrogen-bond acceptors (Lipinski definition) is 7. The van der Waals surface area contributed by atoms with Crippen LogP contribution in [0, 0.1) is 6.92 Å². The van der Waals surface area contributed by atoms with Gasteiger partial charge in [-0.1, -0.05) is 30.4 Å². The molecule has 3 heterocycles. The summed E-state index contributed by atoms with van der Waals surface area (Å²) in [6.07, 6.45) is 12.5. The van der Waals surface area contributed by atoms with E-state index in [1.54, 1.807) is 31.3 Å². The maximum Gasteiger partial charge on any atom is 0.244 e. The van der Waals surface area contributed by atoms with E-state index < -0.39 is 0 Å². The number of benzene rings is 1. The molecule has 170 valence electrons. The highest BCUT2D eigenvalue weighted by molar-refractivity contribution is 5.80. The van der Waals surface area contributed by atoms with Crippen molar-refractivity contribution in [2.24, 2.45) is 0 Å². The van der Waals surface area contributed by atoms with E-state index in [4.69, 9.17) is 13.9 Å². The molecule has 3 aliphatic rings. The molecule has 0 fully saturated rings. The van der Waals surface area contributed by atoms with Gasteiger partial charge in [0.05, 0.1) is 25.8 Å². The van der Waals surface area contributed by atoms with Gasteiger partial charge in [0.25, 0.3) is 0 Å². The van der Waals surface area contributed by atoms with Crippen LogP contribution < -0.4 is 4.74 Å². The zero-order valence-corrected chi connectivity index (χ0v) is 18.7. The monoisotopic (exact) mass is 446 g/mol. The smallest absolute Gasteiger partial charge is 0.244 e. The van der Waals surface area contributed by atoms with Crippen LogP contribution in [0.15, 0.2) is 70.8 Å². The number of methoxy groups -OCH3 is 1. The Morgan fingerprint density at radius 3 is 3.03 bits per heavy atom. The Kier molecular flexibility index (Phi) is 5.83. The van der Waals surface area contributed by atoms with Gasteiger partial charge in [-0.3, -0.25) is 14.6 Å². The molecule has 1 aromatic heterocycles. The van der Waals surface area contributed by atoms with Crippen molar-refractivity contribution < 1.29 is 18.7 Å². The Bertz CT molecular complexity index is 1160. The first-order valence-electron chi connectivity index (χ1n) is 11.0. The molecule has 1 aromatic carbocycles. The molecule has 0 saturated carbocycles. The van der Waals surface area contributed by atoms with E-state index in [0.717, 1.165) is 36.3 Å². The molecule has 0 spiro atoms. The first-order valence-corrected chi connectivity index (χ1v) is 11.0. The van der Waals surface area contributed by atoms with Crippen LogP contribution in [0.1, 0.15) is 35.2 Å². The molecule has 1 amide bonds. The van der Waals surface area contributed by atoms with Crippen LogP contribution in [0.25, 0.3) is 0 Å². The molecule has 1 unspecified atom stereocenters. The molecule has 1 atom stereocenters. The minimum Gasteiger partial charge on any atom is -0.496 e. The van der Waals surface area contributed by atoms with Gasteiger partial charge in [0, 0.05) is 37.3 Å². The SMILES string of the molecule is COc1cccc2c1CN(CC(=O)N1C=COC(C3=CC=CCC3c3nnc(C)o3)=C1)CC2. The highest BCUT2D eigenvalue weighted by Crippen LogP contribution is 2.36. The first-order chi connectivity index (χ1) is 16.1. The fraction of sp³-hybridized carbons (Fsp3) is 0.320. The largest absolute Gasteiger partial charge is 0.496 e. The number of aryl methyl sites for hydroxylation is 1. The maximum atomic E-state index is 13.1. The van der Waals surface area contributed by atoms with Gasteiger partial charge in [0.15, 0.2) is 0 Å². The van der Waals surface area contributed by atoms with E-state index >= 15 is 0 Å². The van der Waals surface area contributed by atoms with Gasteiger partial charge in [-0.2, -0.15) is 0 Å². The van der Waals surface area contributed by atoms with Crippen LogP contribution in [0.3, 0.4) is 0 Å². The van der Waals surface area contributed by atoms with E-state index in [-0.39, 0.29) is 11.8 Å². The molecule has 0 N–H and O–H groups in total. The number of rotatable bonds is 5. The summed E-state index contributed by atoms with van der Waals surface area (Å²) in [7, 11) is 1.68. The van der Waals surface area contributed by atoms with Crippen molar-refractivity contribution in [3.63, 3.8) is 0 Å². The predicted octanol–water partition coefficient (Wildman–Crippen LogP) is 3.59. The fourth-order valence-electron chi connectivity index (χ4n) is 4.44. The Balaban J connectivity index is 1.31. The van der Waals surface area contributed by atoms with Crippen LogP contribution in [-0.2, 0) is 22.5 Å². The fourth-order valence-corrected chi connectivity index (χ4v) is 4.44. The lowest BCUT2D eigenvalue weighted by Gasteiger charge is -2.31. The van der Waals surface area contributed by atoms with Crippen molar-refractivity contribution in [2.75, 3.05) is 20.2 Å². The summed E-state index contributed by atoms with van der Waals surface area (Å²) in [5, 5.41) is 8.15. The number of fused-ring (bicyclic) bond motifs is 1. The van der Waals surface area contributed by atoms with E-state index in [0.29, 0.717) is 30.6 Å². The number of carbonyl (C=O) groups is 1. The van der Waals surface area contributed by atoms with Crippen molar-refractivity contribution >= 4 is 5.91 Å². The topological polar surface area (TPSA) is 80.9 Å². The number of aromatic nitrogens is 2. The van der Waals surface area contributed by atoms with E-state index in [2.05, 4.69) is 27.2 Å². The van der Waals surface area contributed by atoms with Crippen molar-refractivity contribution in [3.05, 3.63) is 89.3 Å².